The van der Waals surface area contributed by atoms with Crippen molar-refractivity contribution in [3.05, 3.63) is 60.2 Å². The quantitative estimate of drug-likeness (QED) is 0.424. The van der Waals surface area contributed by atoms with Crippen molar-refractivity contribution in [3.8, 4) is 0 Å². The zero-order valence-corrected chi connectivity index (χ0v) is 18.2. The van der Waals surface area contributed by atoms with E-state index in [4.69, 9.17) is 0 Å². The number of benzene rings is 2. The van der Waals surface area contributed by atoms with E-state index < -0.39 is 6.04 Å². The van der Waals surface area contributed by atoms with Crippen molar-refractivity contribution in [3.63, 3.8) is 0 Å². The number of hydrogen-bond acceptors (Lipinski definition) is 6. The molecule has 0 saturated carbocycles. The van der Waals surface area contributed by atoms with Crippen LogP contribution in [0.3, 0.4) is 0 Å². The number of fused-ring (bicyclic) bond motifs is 3. The number of hydrogen-bond donors (Lipinski definition) is 1. The number of carbonyl (C=O) groups is 2. The van der Waals surface area contributed by atoms with E-state index in [0.29, 0.717) is 5.16 Å². The molecule has 1 amide bonds. The molecule has 1 N–H and O–H groups in total. The maximum absolute atomic E-state index is 12.5. The van der Waals surface area contributed by atoms with Gasteiger partial charge < -0.3 is 9.88 Å². The molecule has 2 aromatic heterocycles. The molecule has 1 atom stereocenters. The summed E-state index contributed by atoms with van der Waals surface area (Å²) in [6.45, 7) is 4.41. The second-order valence-corrected chi connectivity index (χ2v) is 8.19. The second kappa shape index (κ2) is 9.26. The third-order valence-electron chi connectivity index (χ3n) is 4.98. The molecule has 0 saturated heterocycles. The van der Waals surface area contributed by atoms with E-state index in [1.54, 1.807) is 0 Å². The number of ketones is 1. The Bertz CT molecular complexity index is 1240. The topological polar surface area (TPSA) is 89.8 Å². The summed E-state index contributed by atoms with van der Waals surface area (Å²) in [5.41, 5.74) is 3.37. The molecule has 4 rings (SSSR count). The second-order valence-electron chi connectivity index (χ2n) is 7.25. The number of carbonyl (C=O) groups excluding carboxylic acids is 2. The molecule has 8 heteroatoms. The van der Waals surface area contributed by atoms with Crippen LogP contribution < -0.4 is 5.32 Å². The Balaban J connectivity index is 1.52. The average molecular weight is 434 g/mol. The third-order valence-corrected chi connectivity index (χ3v) is 5.82. The van der Waals surface area contributed by atoms with Gasteiger partial charge in [-0.05, 0) is 25.0 Å². The van der Waals surface area contributed by atoms with Gasteiger partial charge in [-0.25, -0.2) is 4.98 Å². The summed E-state index contributed by atoms with van der Waals surface area (Å²) in [7, 11) is 0. The smallest absolute Gasteiger partial charge is 0.231 e. The highest BCUT2D eigenvalue weighted by Crippen LogP contribution is 2.27. The fraction of sp³-hybridized carbons (Fsp3) is 0.261. The molecular weight excluding hydrogens is 410 g/mol. The number of para-hydroxylation sites is 1. The van der Waals surface area contributed by atoms with Crippen molar-refractivity contribution in [2.45, 2.75) is 38.0 Å². The lowest BCUT2D eigenvalue weighted by atomic mass is 10.0. The first-order valence-electron chi connectivity index (χ1n) is 10.2. The van der Waals surface area contributed by atoms with E-state index in [9.17, 15) is 9.59 Å². The summed E-state index contributed by atoms with van der Waals surface area (Å²) < 4.78 is 2.14. The maximum atomic E-state index is 12.5. The van der Waals surface area contributed by atoms with E-state index in [-0.39, 0.29) is 17.4 Å². The molecular formula is C23H23N5O2S. The first kappa shape index (κ1) is 21.0. The first-order valence-corrected chi connectivity index (χ1v) is 11.2. The van der Waals surface area contributed by atoms with Crippen LogP contribution in [0.2, 0.25) is 0 Å². The van der Waals surface area contributed by atoms with E-state index in [2.05, 4.69) is 38.1 Å². The summed E-state index contributed by atoms with van der Waals surface area (Å²) in [5.74, 6) is -0.280. The number of nitrogens with zero attached hydrogens (tertiary/aromatic N) is 4. The average Bonchev–Trinajstić information content (AvgIpc) is 3.10. The van der Waals surface area contributed by atoms with Gasteiger partial charge in [0.1, 0.15) is 11.6 Å². The molecule has 0 aliphatic heterocycles. The van der Waals surface area contributed by atoms with Crippen molar-refractivity contribution in [1.29, 1.82) is 0 Å². The Morgan fingerprint density at radius 3 is 2.55 bits per heavy atom. The minimum Gasteiger partial charge on any atom is -0.341 e. The van der Waals surface area contributed by atoms with Crippen LogP contribution in [-0.2, 0) is 16.1 Å². The van der Waals surface area contributed by atoms with Crippen LogP contribution in [0.5, 0.6) is 0 Å². The van der Waals surface area contributed by atoms with Gasteiger partial charge in [0.2, 0.25) is 11.1 Å². The summed E-state index contributed by atoms with van der Waals surface area (Å²) >= 11 is 1.21. The van der Waals surface area contributed by atoms with Crippen LogP contribution in [0.4, 0.5) is 0 Å². The Kier molecular flexibility index (Phi) is 6.27. The summed E-state index contributed by atoms with van der Waals surface area (Å²) in [6.07, 6.45) is 0.967. The molecule has 2 aromatic carbocycles. The molecule has 0 fully saturated rings. The molecule has 7 nitrogen and oxygen atoms in total. The zero-order chi connectivity index (χ0) is 21.8. The van der Waals surface area contributed by atoms with Crippen LogP contribution >= 0.6 is 11.8 Å². The fourth-order valence-corrected chi connectivity index (χ4v) is 4.19. The number of thioether (sulfide) groups is 1. The molecule has 158 valence electrons. The molecule has 31 heavy (non-hydrogen) atoms. The number of aryl methyl sites for hydroxylation is 1. The van der Waals surface area contributed by atoms with Gasteiger partial charge in [0.15, 0.2) is 11.4 Å². The number of aromatic nitrogens is 4. The molecule has 2 heterocycles. The molecule has 0 radical (unpaired) electrons. The molecule has 0 spiro atoms. The number of amides is 1. The van der Waals surface area contributed by atoms with E-state index >= 15 is 0 Å². The Labute approximate surface area is 184 Å². The normalized spacial score (nSPS) is 12.2. The van der Waals surface area contributed by atoms with Crippen LogP contribution in [0.15, 0.2) is 59.8 Å². The molecule has 0 aliphatic carbocycles. The van der Waals surface area contributed by atoms with E-state index in [1.165, 1.54) is 18.7 Å². The lowest BCUT2D eigenvalue weighted by Crippen LogP contribution is -2.33. The van der Waals surface area contributed by atoms with Crippen LogP contribution in [0.25, 0.3) is 22.1 Å². The van der Waals surface area contributed by atoms with E-state index in [0.717, 1.165) is 40.6 Å². The number of rotatable bonds is 8. The van der Waals surface area contributed by atoms with Gasteiger partial charge in [-0.2, -0.15) is 0 Å². The van der Waals surface area contributed by atoms with Crippen LogP contribution in [0.1, 0.15) is 31.9 Å². The molecule has 4 aromatic rings. The van der Waals surface area contributed by atoms with Crippen LogP contribution in [0, 0.1) is 0 Å². The lowest BCUT2D eigenvalue weighted by molar-refractivity contribution is -0.125. The summed E-state index contributed by atoms with van der Waals surface area (Å²) in [4.78, 5) is 29.2. The van der Waals surface area contributed by atoms with Crippen molar-refractivity contribution >= 4 is 45.5 Å². The van der Waals surface area contributed by atoms with Crippen molar-refractivity contribution in [2.24, 2.45) is 0 Å². The van der Waals surface area contributed by atoms with Gasteiger partial charge in [-0.3, -0.25) is 9.59 Å². The number of Topliss-reactive ketones (excluding diaryl/α,β-unsaturated/α-hetero) is 1. The van der Waals surface area contributed by atoms with Crippen molar-refractivity contribution < 1.29 is 9.59 Å². The Hall–Kier alpha value is -3.26. The van der Waals surface area contributed by atoms with E-state index in [1.807, 2.05) is 48.5 Å². The molecule has 0 bridgehead atoms. The standard InChI is InChI=1S/C23H23N5O2S/c1-3-13-28-18-12-8-7-11-17(18)21-22(28)25-23(27-26-21)31-14-19(30)24-20(15(2)29)16-9-5-4-6-10-16/h4-12,20H,3,13-14H2,1-2H3,(H,24,30). The monoisotopic (exact) mass is 433 g/mol. The fourth-order valence-electron chi connectivity index (χ4n) is 3.60. The van der Waals surface area contributed by atoms with Crippen molar-refractivity contribution in [2.75, 3.05) is 5.75 Å². The van der Waals surface area contributed by atoms with Gasteiger partial charge in [-0.15, -0.1) is 10.2 Å². The molecule has 1 unspecified atom stereocenters. The van der Waals surface area contributed by atoms with Crippen molar-refractivity contribution in [1.82, 2.24) is 25.1 Å². The van der Waals surface area contributed by atoms with Gasteiger partial charge in [0.05, 0.1) is 11.3 Å². The molecule has 0 aliphatic rings. The number of nitrogens with one attached hydrogen (secondary N) is 1. The van der Waals surface area contributed by atoms with Crippen LogP contribution in [-0.4, -0.2) is 37.2 Å². The minimum atomic E-state index is -0.664. The summed E-state index contributed by atoms with van der Waals surface area (Å²) in [5, 5.41) is 12.9. The van der Waals surface area contributed by atoms with Gasteiger partial charge in [-0.1, -0.05) is 67.2 Å². The minimum absolute atomic E-state index is 0.0950. The highest BCUT2D eigenvalue weighted by molar-refractivity contribution is 7.99. The lowest BCUT2D eigenvalue weighted by Gasteiger charge is -2.16. The first-order chi connectivity index (χ1) is 15.1. The largest absolute Gasteiger partial charge is 0.341 e. The predicted molar refractivity (Wildman–Crippen MR) is 122 cm³/mol. The van der Waals surface area contributed by atoms with Gasteiger partial charge >= 0.3 is 0 Å². The SMILES string of the molecule is CCCn1c2ccccc2c2nnc(SCC(=O)NC(C(C)=O)c3ccccc3)nc21. The zero-order valence-electron chi connectivity index (χ0n) is 17.4. The highest BCUT2D eigenvalue weighted by atomic mass is 32.2. The predicted octanol–water partition coefficient (Wildman–Crippen LogP) is 3.93. The maximum Gasteiger partial charge on any atom is 0.231 e. The van der Waals surface area contributed by atoms with Gasteiger partial charge in [0.25, 0.3) is 0 Å². The Morgan fingerprint density at radius 2 is 1.81 bits per heavy atom. The Morgan fingerprint density at radius 1 is 1.06 bits per heavy atom. The highest BCUT2D eigenvalue weighted by Gasteiger charge is 2.20. The summed E-state index contributed by atoms with van der Waals surface area (Å²) in [6, 6.07) is 16.6. The third kappa shape index (κ3) is 4.44. The van der Waals surface area contributed by atoms with Gasteiger partial charge in [0, 0.05) is 11.9 Å².